The molecule has 1 heterocycles. The minimum absolute atomic E-state index is 0.0530. The maximum absolute atomic E-state index is 11.8. The summed E-state index contributed by atoms with van der Waals surface area (Å²) in [6.45, 7) is 2.54. The summed E-state index contributed by atoms with van der Waals surface area (Å²) in [5, 5.41) is 2.56. The van der Waals surface area contributed by atoms with E-state index < -0.39 is 12.0 Å². The van der Waals surface area contributed by atoms with E-state index in [0.717, 1.165) is 25.7 Å². The van der Waals surface area contributed by atoms with E-state index in [1.165, 1.54) is 32.1 Å². The number of hydrogen-bond acceptors (Lipinski definition) is 4. The Kier molecular flexibility index (Phi) is 11.7. The largest absolute Gasteiger partial charge is 0.464 e. The molecule has 1 aliphatic heterocycles. The Morgan fingerprint density at radius 1 is 1.08 bits per heavy atom. The third kappa shape index (κ3) is 10.7. The van der Waals surface area contributed by atoms with Gasteiger partial charge in [-0.25, -0.2) is 4.79 Å². The monoisotopic (exact) mass is 351 g/mol. The minimum Gasteiger partial charge on any atom is -0.464 e. The van der Waals surface area contributed by atoms with E-state index in [1.54, 1.807) is 0 Å². The van der Waals surface area contributed by atoms with Crippen LogP contribution in [0.5, 0.6) is 0 Å². The molecule has 0 aromatic carbocycles. The molecule has 0 aromatic heterocycles. The number of amides is 1. The molecule has 1 fully saturated rings. The Morgan fingerprint density at radius 3 is 2.44 bits per heavy atom. The number of allylic oxidation sites excluding steroid dienone is 2. The average molecular weight is 351 g/mol. The van der Waals surface area contributed by atoms with Crippen LogP contribution >= 0.6 is 0 Å². The number of carbonyl (C=O) groups excluding carboxylic acids is 3. The lowest BCUT2D eigenvalue weighted by Crippen LogP contribution is -2.38. The second-order valence-electron chi connectivity index (χ2n) is 6.71. The second kappa shape index (κ2) is 13.6. The Morgan fingerprint density at radius 2 is 1.76 bits per heavy atom. The molecule has 142 valence electrons. The van der Waals surface area contributed by atoms with Gasteiger partial charge in [-0.15, -0.1) is 0 Å². The zero-order valence-corrected chi connectivity index (χ0v) is 15.6. The van der Waals surface area contributed by atoms with Gasteiger partial charge >= 0.3 is 5.97 Å². The highest BCUT2D eigenvalue weighted by molar-refractivity contribution is 5.99. The van der Waals surface area contributed by atoms with Crippen LogP contribution in [0.25, 0.3) is 0 Å². The molecular weight excluding hydrogens is 318 g/mol. The van der Waals surface area contributed by atoms with Gasteiger partial charge in [0.15, 0.2) is 0 Å². The lowest BCUT2D eigenvalue weighted by molar-refractivity contribution is -0.142. The molecule has 1 saturated heterocycles. The summed E-state index contributed by atoms with van der Waals surface area (Å²) >= 11 is 0. The van der Waals surface area contributed by atoms with E-state index in [4.69, 9.17) is 4.74 Å². The Bertz CT molecular complexity index is 445. The quantitative estimate of drug-likeness (QED) is 0.223. The van der Waals surface area contributed by atoms with Crippen molar-refractivity contribution in [1.29, 1.82) is 0 Å². The van der Waals surface area contributed by atoms with Crippen LogP contribution in [0.1, 0.15) is 84.0 Å². The molecule has 0 radical (unpaired) electrons. The van der Waals surface area contributed by atoms with Crippen molar-refractivity contribution in [2.45, 2.75) is 90.0 Å². The van der Waals surface area contributed by atoms with Gasteiger partial charge < -0.3 is 10.1 Å². The Hall–Kier alpha value is -1.65. The van der Waals surface area contributed by atoms with E-state index in [2.05, 4.69) is 24.4 Å². The number of rotatable bonds is 14. The zero-order valence-electron chi connectivity index (χ0n) is 15.6. The first kappa shape index (κ1) is 21.4. The molecule has 1 atom stereocenters. The Labute approximate surface area is 151 Å². The highest BCUT2D eigenvalue weighted by Crippen LogP contribution is 2.10. The van der Waals surface area contributed by atoms with E-state index in [0.29, 0.717) is 19.4 Å². The van der Waals surface area contributed by atoms with E-state index in [9.17, 15) is 14.4 Å². The lowest BCUT2D eigenvalue weighted by atomic mass is 10.1. The van der Waals surface area contributed by atoms with Crippen LogP contribution < -0.4 is 5.32 Å². The highest BCUT2D eigenvalue weighted by atomic mass is 16.5. The van der Waals surface area contributed by atoms with Crippen LogP contribution in [-0.2, 0) is 19.1 Å². The number of nitrogens with one attached hydrogen (secondary N) is 1. The maximum Gasteiger partial charge on any atom is 0.328 e. The van der Waals surface area contributed by atoms with Crippen molar-refractivity contribution in [3.63, 3.8) is 0 Å². The third-order valence-electron chi connectivity index (χ3n) is 4.35. The van der Waals surface area contributed by atoms with Crippen LogP contribution in [0, 0.1) is 0 Å². The number of ketones is 1. The number of Topliss-reactive ketones (excluding diaryl/α,β-unsaturated/α-hetero) is 1. The van der Waals surface area contributed by atoms with Crippen molar-refractivity contribution < 1.29 is 19.1 Å². The second-order valence-corrected chi connectivity index (χ2v) is 6.71. The molecule has 0 spiro atoms. The van der Waals surface area contributed by atoms with Gasteiger partial charge in [0.1, 0.15) is 11.8 Å². The summed E-state index contributed by atoms with van der Waals surface area (Å²) in [4.78, 5) is 34.7. The van der Waals surface area contributed by atoms with Gasteiger partial charge in [-0.05, 0) is 25.7 Å². The fraction of sp³-hybridized carbons (Fsp3) is 0.750. The third-order valence-corrected chi connectivity index (χ3v) is 4.35. The minimum atomic E-state index is -0.573. The van der Waals surface area contributed by atoms with Crippen molar-refractivity contribution >= 4 is 17.7 Å². The van der Waals surface area contributed by atoms with Crippen LogP contribution in [0.3, 0.4) is 0 Å². The van der Waals surface area contributed by atoms with Gasteiger partial charge in [-0.1, -0.05) is 51.2 Å². The van der Waals surface area contributed by atoms with Gasteiger partial charge in [-0.3, -0.25) is 9.59 Å². The number of carbonyl (C=O) groups is 3. The zero-order chi connectivity index (χ0) is 18.3. The fourth-order valence-electron chi connectivity index (χ4n) is 2.81. The molecular formula is C20H33NO4. The molecule has 25 heavy (non-hydrogen) atoms. The van der Waals surface area contributed by atoms with Crippen molar-refractivity contribution in [2.24, 2.45) is 0 Å². The van der Waals surface area contributed by atoms with Gasteiger partial charge in [0.25, 0.3) is 0 Å². The summed E-state index contributed by atoms with van der Waals surface area (Å²) < 4.78 is 4.77. The average Bonchev–Trinajstić information content (AvgIpc) is 2.97. The molecule has 5 nitrogen and oxygen atoms in total. The standard InChI is InChI=1S/C20H33NO4/c1-2-3-4-5-6-7-8-9-10-11-12-13-17(22)16-19(23)21-18-14-15-25-20(18)24/h5-6,18H,2-4,7-16H2,1H3,(H,21,23). The number of esters is 1. The van der Waals surface area contributed by atoms with Crippen molar-refractivity contribution in [3.8, 4) is 0 Å². The smallest absolute Gasteiger partial charge is 0.328 e. The molecule has 0 aromatic rings. The molecule has 1 unspecified atom stereocenters. The Balaban J connectivity index is 1.93. The first-order valence-corrected chi connectivity index (χ1v) is 9.76. The predicted octanol–water partition coefficient (Wildman–Crippen LogP) is 3.85. The van der Waals surface area contributed by atoms with Gasteiger partial charge in [-0.2, -0.15) is 0 Å². The molecule has 1 amide bonds. The number of cyclic esters (lactones) is 1. The van der Waals surface area contributed by atoms with Crippen LogP contribution in [-0.4, -0.2) is 30.3 Å². The summed E-state index contributed by atoms with van der Waals surface area (Å²) in [5.41, 5.74) is 0. The normalized spacial score (nSPS) is 17.0. The van der Waals surface area contributed by atoms with E-state index in [1.807, 2.05) is 0 Å². The summed E-state index contributed by atoms with van der Waals surface area (Å²) in [7, 11) is 0. The maximum atomic E-state index is 11.8. The van der Waals surface area contributed by atoms with Crippen molar-refractivity contribution in [2.75, 3.05) is 6.61 Å². The molecule has 0 aliphatic carbocycles. The first-order valence-electron chi connectivity index (χ1n) is 9.76. The van der Waals surface area contributed by atoms with E-state index in [-0.39, 0.29) is 18.1 Å². The predicted molar refractivity (Wildman–Crippen MR) is 98.1 cm³/mol. The van der Waals surface area contributed by atoms with Crippen LogP contribution in [0.15, 0.2) is 12.2 Å². The molecule has 0 bridgehead atoms. The highest BCUT2D eigenvalue weighted by Gasteiger charge is 2.28. The molecule has 1 aliphatic rings. The van der Waals surface area contributed by atoms with Gasteiger partial charge in [0.05, 0.1) is 13.0 Å². The number of hydrogen-bond donors (Lipinski definition) is 1. The first-order chi connectivity index (χ1) is 12.1. The van der Waals surface area contributed by atoms with Gasteiger partial charge in [0, 0.05) is 12.8 Å². The SMILES string of the molecule is CCCCC=CCCCCCCCC(=O)CC(=O)NC1CCOC1=O. The van der Waals surface area contributed by atoms with Crippen molar-refractivity contribution in [3.05, 3.63) is 12.2 Å². The molecule has 1 N–H and O–H groups in total. The topological polar surface area (TPSA) is 72.5 Å². The summed E-state index contributed by atoms with van der Waals surface area (Å²) in [6.07, 6.45) is 15.6. The lowest BCUT2D eigenvalue weighted by Gasteiger charge is -2.08. The summed E-state index contributed by atoms with van der Waals surface area (Å²) in [5.74, 6) is -0.826. The number of ether oxygens (including phenoxy) is 1. The fourth-order valence-corrected chi connectivity index (χ4v) is 2.81. The summed E-state index contributed by atoms with van der Waals surface area (Å²) in [6, 6.07) is -0.573. The molecule has 0 saturated carbocycles. The van der Waals surface area contributed by atoms with Crippen LogP contribution in [0.4, 0.5) is 0 Å². The molecule has 1 rings (SSSR count). The van der Waals surface area contributed by atoms with E-state index >= 15 is 0 Å². The van der Waals surface area contributed by atoms with Gasteiger partial charge in [0.2, 0.25) is 5.91 Å². The van der Waals surface area contributed by atoms with Crippen LogP contribution in [0.2, 0.25) is 0 Å². The number of unbranched alkanes of at least 4 members (excludes halogenated alkanes) is 7. The molecule has 5 heteroatoms. The van der Waals surface area contributed by atoms with Crippen molar-refractivity contribution in [1.82, 2.24) is 5.32 Å².